The number of ether oxygens (including phenoxy) is 1. The highest BCUT2D eigenvalue weighted by Crippen LogP contribution is 2.16. The molecule has 0 fully saturated rings. The average molecular weight is 309 g/mol. The van der Waals surface area contributed by atoms with E-state index in [1.54, 1.807) is 26.8 Å². The molecular formula is C14H20FN5O2. The molecule has 8 heteroatoms. The highest BCUT2D eigenvalue weighted by atomic mass is 19.1. The smallest absolute Gasteiger partial charge is 0.426 e. The molecule has 0 saturated heterocycles. The Hall–Kier alpha value is -2.43. The van der Waals surface area contributed by atoms with Crippen LogP contribution in [0.1, 0.15) is 40.4 Å². The summed E-state index contributed by atoms with van der Waals surface area (Å²) in [6.07, 6.45) is 0.162. The standard InChI is InChI=1S/C14H20FN5O2/c1-9(2)8-20(19-13(21)22-14(3,4)5)12-10(15)7-17-11(6-16)18-12/h7,9H,8H2,1-5H3,(H,19,21). The van der Waals surface area contributed by atoms with Gasteiger partial charge in [0.05, 0.1) is 6.20 Å². The largest absolute Gasteiger partial charge is 0.443 e. The van der Waals surface area contributed by atoms with Crippen molar-refractivity contribution < 1.29 is 13.9 Å². The fraction of sp³-hybridized carbons (Fsp3) is 0.571. The quantitative estimate of drug-likeness (QED) is 0.859. The number of nitrogens with zero attached hydrogens (tertiary/aromatic N) is 4. The Labute approximate surface area is 129 Å². The topological polar surface area (TPSA) is 91.1 Å². The van der Waals surface area contributed by atoms with Gasteiger partial charge in [-0.05, 0) is 26.7 Å². The molecule has 1 N–H and O–H groups in total. The van der Waals surface area contributed by atoms with E-state index in [9.17, 15) is 9.18 Å². The molecule has 0 aliphatic heterocycles. The van der Waals surface area contributed by atoms with Crippen LogP contribution in [0.15, 0.2) is 6.20 Å². The van der Waals surface area contributed by atoms with Crippen molar-refractivity contribution in [2.24, 2.45) is 5.92 Å². The molecule has 0 aliphatic carbocycles. The lowest BCUT2D eigenvalue weighted by Gasteiger charge is -2.28. The second-order valence-electron chi connectivity index (χ2n) is 6.10. The normalized spacial score (nSPS) is 11.0. The minimum absolute atomic E-state index is 0.106. The SMILES string of the molecule is CC(C)CN(NC(=O)OC(C)(C)C)c1nc(C#N)ncc1F. The van der Waals surface area contributed by atoms with E-state index in [0.717, 1.165) is 6.20 Å². The van der Waals surface area contributed by atoms with Crippen molar-refractivity contribution >= 4 is 11.9 Å². The van der Waals surface area contributed by atoms with Gasteiger partial charge in [-0.2, -0.15) is 10.2 Å². The molecule has 1 aromatic rings. The van der Waals surface area contributed by atoms with Crippen molar-refractivity contribution in [3.8, 4) is 6.07 Å². The predicted molar refractivity (Wildman–Crippen MR) is 78.3 cm³/mol. The molecule has 0 bridgehead atoms. The summed E-state index contributed by atoms with van der Waals surface area (Å²) < 4.78 is 19.1. The lowest BCUT2D eigenvalue weighted by molar-refractivity contribution is 0.0518. The van der Waals surface area contributed by atoms with Gasteiger partial charge in [-0.15, -0.1) is 0 Å². The van der Waals surface area contributed by atoms with E-state index in [0.29, 0.717) is 0 Å². The molecule has 0 saturated carbocycles. The Morgan fingerprint density at radius 1 is 1.55 bits per heavy atom. The van der Waals surface area contributed by atoms with Gasteiger partial charge in [-0.3, -0.25) is 5.01 Å². The molecule has 0 unspecified atom stereocenters. The maximum Gasteiger partial charge on any atom is 0.426 e. The Morgan fingerprint density at radius 2 is 2.18 bits per heavy atom. The number of hydrogen-bond donors (Lipinski definition) is 1. The fourth-order valence-corrected chi connectivity index (χ4v) is 1.56. The number of aromatic nitrogens is 2. The first-order chi connectivity index (χ1) is 10.1. The van der Waals surface area contributed by atoms with E-state index in [1.807, 2.05) is 13.8 Å². The zero-order valence-electron chi connectivity index (χ0n) is 13.3. The molecule has 0 radical (unpaired) electrons. The van der Waals surface area contributed by atoms with Crippen LogP contribution in [0, 0.1) is 23.1 Å². The van der Waals surface area contributed by atoms with Crippen LogP contribution < -0.4 is 10.4 Å². The summed E-state index contributed by atoms with van der Waals surface area (Å²) in [6, 6.07) is 1.73. The van der Waals surface area contributed by atoms with Crippen LogP contribution in [0.5, 0.6) is 0 Å². The lowest BCUT2D eigenvalue weighted by atomic mass is 10.2. The third-order valence-corrected chi connectivity index (χ3v) is 2.25. The first-order valence-corrected chi connectivity index (χ1v) is 6.82. The Morgan fingerprint density at radius 3 is 2.68 bits per heavy atom. The van der Waals surface area contributed by atoms with Gasteiger partial charge in [-0.25, -0.2) is 19.6 Å². The van der Waals surface area contributed by atoms with Crippen molar-refractivity contribution in [2.45, 2.75) is 40.2 Å². The monoisotopic (exact) mass is 309 g/mol. The van der Waals surface area contributed by atoms with Crippen molar-refractivity contribution in [3.05, 3.63) is 17.8 Å². The first kappa shape index (κ1) is 17.6. The average Bonchev–Trinajstić information content (AvgIpc) is 2.35. The van der Waals surface area contributed by atoms with Gasteiger partial charge in [0, 0.05) is 6.54 Å². The molecule has 1 rings (SSSR count). The zero-order valence-corrected chi connectivity index (χ0v) is 13.3. The number of nitrogens with one attached hydrogen (secondary N) is 1. The molecular weight excluding hydrogens is 289 g/mol. The van der Waals surface area contributed by atoms with Gasteiger partial charge >= 0.3 is 6.09 Å². The van der Waals surface area contributed by atoms with E-state index in [1.165, 1.54) is 5.01 Å². The Bertz CT molecular complexity index is 578. The number of anilines is 1. The highest BCUT2D eigenvalue weighted by molar-refractivity contribution is 5.70. The number of amides is 1. The first-order valence-electron chi connectivity index (χ1n) is 6.82. The third-order valence-electron chi connectivity index (χ3n) is 2.25. The van der Waals surface area contributed by atoms with Gasteiger partial charge in [0.25, 0.3) is 0 Å². The van der Waals surface area contributed by atoms with Gasteiger partial charge in [0.2, 0.25) is 5.82 Å². The molecule has 120 valence electrons. The minimum Gasteiger partial charge on any atom is -0.443 e. The summed E-state index contributed by atoms with van der Waals surface area (Å²) in [7, 11) is 0. The summed E-state index contributed by atoms with van der Waals surface area (Å²) in [6.45, 7) is 9.25. The molecule has 1 aromatic heterocycles. The van der Waals surface area contributed by atoms with Crippen molar-refractivity contribution in [1.29, 1.82) is 5.26 Å². The van der Waals surface area contributed by atoms with Gasteiger partial charge in [0.15, 0.2) is 11.6 Å². The Kier molecular flexibility index (Phi) is 5.63. The van der Waals surface area contributed by atoms with Crippen molar-refractivity contribution in [2.75, 3.05) is 11.6 Å². The second-order valence-corrected chi connectivity index (χ2v) is 6.10. The van der Waals surface area contributed by atoms with Crippen molar-refractivity contribution in [1.82, 2.24) is 15.4 Å². The van der Waals surface area contributed by atoms with Gasteiger partial charge in [-0.1, -0.05) is 13.8 Å². The van der Waals surface area contributed by atoms with Crippen LogP contribution in [0.3, 0.4) is 0 Å². The van der Waals surface area contributed by atoms with Crippen LogP contribution >= 0.6 is 0 Å². The number of nitriles is 1. The van der Waals surface area contributed by atoms with E-state index in [2.05, 4.69) is 15.4 Å². The molecule has 0 aromatic carbocycles. The third kappa shape index (κ3) is 5.52. The second kappa shape index (κ2) is 7.02. The van der Waals surface area contributed by atoms with E-state index >= 15 is 0 Å². The van der Waals surface area contributed by atoms with Gasteiger partial charge in [0.1, 0.15) is 11.7 Å². The minimum atomic E-state index is -0.740. The van der Waals surface area contributed by atoms with Crippen LogP contribution in [0.2, 0.25) is 0 Å². The number of hydrogen-bond acceptors (Lipinski definition) is 6. The van der Waals surface area contributed by atoms with E-state index < -0.39 is 17.5 Å². The summed E-state index contributed by atoms with van der Waals surface area (Å²) in [5.41, 5.74) is 1.76. The maximum atomic E-state index is 13.9. The van der Waals surface area contributed by atoms with Crippen molar-refractivity contribution in [3.63, 3.8) is 0 Å². The summed E-state index contributed by atoms with van der Waals surface area (Å²) in [5.74, 6) is -0.993. The Balaban J connectivity index is 3.03. The fourth-order valence-electron chi connectivity index (χ4n) is 1.56. The molecule has 1 amide bonds. The number of halogens is 1. The summed E-state index contributed by atoms with van der Waals surface area (Å²) >= 11 is 0. The van der Waals surface area contributed by atoms with Crippen LogP contribution in [-0.2, 0) is 4.74 Å². The van der Waals surface area contributed by atoms with E-state index in [4.69, 9.17) is 10.00 Å². The number of rotatable bonds is 4. The van der Waals surface area contributed by atoms with Gasteiger partial charge < -0.3 is 4.74 Å². The molecule has 0 aliphatic rings. The number of hydrazine groups is 1. The molecule has 7 nitrogen and oxygen atoms in total. The maximum absolute atomic E-state index is 13.9. The highest BCUT2D eigenvalue weighted by Gasteiger charge is 2.22. The molecule has 0 atom stereocenters. The molecule has 22 heavy (non-hydrogen) atoms. The lowest BCUT2D eigenvalue weighted by Crippen LogP contribution is -2.47. The summed E-state index contributed by atoms with van der Waals surface area (Å²) in [4.78, 5) is 19.2. The van der Waals surface area contributed by atoms with Crippen LogP contribution in [0.25, 0.3) is 0 Å². The zero-order chi connectivity index (χ0) is 16.9. The molecule has 0 spiro atoms. The summed E-state index contributed by atoms with van der Waals surface area (Å²) in [5, 5.41) is 10.0. The number of carbonyl (C=O) groups is 1. The predicted octanol–water partition coefficient (Wildman–Crippen LogP) is 2.39. The van der Waals surface area contributed by atoms with Crippen LogP contribution in [-0.4, -0.2) is 28.2 Å². The number of carbonyl (C=O) groups excluding carboxylic acids is 1. The molecule has 1 heterocycles. The van der Waals surface area contributed by atoms with Crippen LogP contribution in [0.4, 0.5) is 15.0 Å². The van der Waals surface area contributed by atoms with E-state index in [-0.39, 0.29) is 24.1 Å².